The van der Waals surface area contributed by atoms with Gasteiger partial charge in [0.1, 0.15) is 0 Å². The molecule has 1 amide bonds. The van der Waals surface area contributed by atoms with E-state index in [2.05, 4.69) is 15.9 Å². The number of cyclic esters (lactones) is 1. The van der Waals surface area contributed by atoms with Crippen LogP contribution in [0.4, 0.5) is 10.5 Å². The van der Waals surface area contributed by atoms with Crippen molar-refractivity contribution >= 4 is 33.7 Å². The molecule has 1 unspecified atom stereocenters. The Morgan fingerprint density at radius 3 is 3.00 bits per heavy atom. The number of carboxylic acids is 1. The maximum Gasteiger partial charge on any atom is 0.414 e. The first kappa shape index (κ1) is 12.9. The van der Waals surface area contributed by atoms with E-state index in [-0.39, 0.29) is 19.1 Å². The molecule has 1 atom stereocenters. The van der Waals surface area contributed by atoms with Crippen LogP contribution in [0.5, 0.6) is 0 Å². The van der Waals surface area contributed by atoms with Gasteiger partial charge >= 0.3 is 12.1 Å². The van der Waals surface area contributed by atoms with E-state index in [1.165, 1.54) is 4.90 Å². The van der Waals surface area contributed by atoms with Crippen molar-refractivity contribution in [3.63, 3.8) is 0 Å². The number of anilines is 1. The van der Waals surface area contributed by atoms with E-state index < -0.39 is 12.1 Å². The van der Waals surface area contributed by atoms with Gasteiger partial charge in [-0.05, 0) is 18.2 Å². The lowest BCUT2D eigenvalue weighted by Crippen LogP contribution is -2.46. The fourth-order valence-corrected chi connectivity index (χ4v) is 2.35. The number of halogens is 1. The molecule has 0 radical (unpaired) electrons. The van der Waals surface area contributed by atoms with Crippen molar-refractivity contribution < 1.29 is 19.4 Å². The molecule has 0 bridgehead atoms. The van der Waals surface area contributed by atoms with E-state index in [1.807, 2.05) is 6.07 Å². The van der Waals surface area contributed by atoms with Gasteiger partial charge in [-0.15, -0.1) is 0 Å². The molecule has 18 heavy (non-hydrogen) atoms. The molecule has 0 aromatic heterocycles. The van der Waals surface area contributed by atoms with Gasteiger partial charge in [-0.25, -0.2) is 4.79 Å². The second kappa shape index (κ2) is 5.39. The molecule has 1 saturated heterocycles. The molecule has 1 fully saturated rings. The molecule has 0 aliphatic carbocycles. The van der Waals surface area contributed by atoms with E-state index in [0.29, 0.717) is 12.1 Å². The van der Waals surface area contributed by atoms with Gasteiger partial charge in [-0.2, -0.15) is 0 Å². The first-order valence-corrected chi connectivity index (χ1v) is 6.30. The Morgan fingerprint density at radius 1 is 1.56 bits per heavy atom. The summed E-state index contributed by atoms with van der Waals surface area (Å²) in [5.74, 6) is -0.922. The summed E-state index contributed by atoms with van der Waals surface area (Å²) >= 11 is 3.32. The normalized spacial score (nSPS) is 19.5. The van der Waals surface area contributed by atoms with Crippen LogP contribution in [0, 0.1) is 0 Å². The van der Waals surface area contributed by atoms with Gasteiger partial charge in [0.2, 0.25) is 0 Å². The van der Waals surface area contributed by atoms with Crippen molar-refractivity contribution in [1.29, 1.82) is 0 Å². The van der Waals surface area contributed by atoms with Gasteiger partial charge in [-0.1, -0.05) is 22.0 Å². The molecule has 1 aliphatic heterocycles. The van der Waals surface area contributed by atoms with Gasteiger partial charge in [0.15, 0.2) is 0 Å². The molecule has 5 nitrogen and oxygen atoms in total. The standard InChI is InChI=1S/C12H12BrNO4/c13-8-2-1-3-9(6-8)14-10(7-11(15)16)4-5-18-12(14)17/h1-3,6,10H,4-5,7H2,(H,15,16). The van der Waals surface area contributed by atoms with Crippen LogP contribution >= 0.6 is 15.9 Å². The Morgan fingerprint density at radius 2 is 2.33 bits per heavy atom. The minimum Gasteiger partial charge on any atom is -0.481 e. The summed E-state index contributed by atoms with van der Waals surface area (Å²) in [7, 11) is 0. The number of carboxylic acid groups (broad SMARTS) is 1. The van der Waals surface area contributed by atoms with Crippen LogP contribution in [0.2, 0.25) is 0 Å². The van der Waals surface area contributed by atoms with E-state index in [9.17, 15) is 9.59 Å². The molecule has 0 spiro atoms. The van der Waals surface area contributed by atoms with Crippen LogP contribution in [0.3, 0.4) is 0 Å². The van der Waals surface area contributed by atoms with Gasteiger partial charge in [0, 0.05) is 16.6 Å². The quantitative estimate of drug-likeness (QED) is 0.931. The number of carbonyl (C=O) groups is 2. The lowest BCUT2D eigenvalue weighted by Gasteiger charge is -2.34. The number of benzene rings is 1. The highest BCUT2D eigenvalue weighted by molar-refractivity contribution is 9.10. The second-order valence-corrected chi connectivity index (χ2v) is 4.92. The molecule has 0 saturated carbocycles. The zero-order valence-corrected chi connectivity index (χ0v) is 11.1. The second-order valence-electron chi connectivity index (χ2n) is 4.00. The van der Waals surface area contributed by atoms with Crippen LogP contribution in [0.1, 0.15) is 12.8 Å². The van der Waals surface area contributed by atoms with Gasteiger partial charge in [-0.3, -0.25) is 9.69 Å². The molecule has 1 heterocycles. The van der Waals surface area contributed by atoms with Crippen molar-refractivity contribution in [2.24, 2.45) is 0 Å². The van der Waals surface area contributed by atoms with Crippen LogP contribution < -0.4 is 4.90 Å². The maximum atomic E-state index is 11.8. The van der Waals surface area contributed by atoms with Crippen molar-refractivity contribution in [2.75, 3.05) is 11.5 Å². The van der Waals surface area contributed by atoms with Crippen molar-refractivity contribution in [1.82, 2.24) is 0 Å². The highest BCUT2D eigenvalue weighted by Crippen LogP contribution is 2.27. The predicted octanol–water partition coefficient (Wildman–Crippen LogP) is 2.64. The van der Waals surface area contributed by atoms with Gasteiger partial charge < -0.3 is 9.84 Å². The summed E-state index contributed by atoms with van der Waals surface area (Å²) in [6, 6.07) is 6.79. The summed E-state index contributed by atoms with van der Waals surface area (Å²) in [6.07, 6.45) is -0.0581. The lowest BCUT2D eigenvalue weighted by molar-refractivity contribution is -0.137. The molecule has 1 aliphatic rings. The Labute approximate surface area is 112 Å². The Bertz CT molecular complexity index is 477. The summed E-state index contributed by atoms with van der Waals surface area (Å²) in [5.41, 5.74) is 0.639. The Balaban J connectivity index is 2.29. The predicted molar refractivity (Wildman–Crippen MR) is 68.6 cm³/mol. The average molecular weight is 314 g/mol. The first-order valence-electron chi connectivity index (χ1n) is 5.51. The molecule has 1 aromatic carbocycles. The van der Waals surface area contributed by atoms with E-state index in [1.54, 1.807) is 18.2 Å². The molecule has 6 heteroatoms. The largest absolute Gasteiger partial charge is 0.481 e. The zero-order chi connectivity index (χ0) is 13.1. The van der Waals surface area contributed by atoms with Crippen molar-refractivity contribution in [3.05, 3.63) is 28.7 Å². The number of aliphatic carboxylic acids is 1. The highest BCUT2D eigenvalue weighted by atomic mass is 79.9. The van der Waals surface area contributed by atoms with Crippen LogP contribution in [0.15, 0.2) is 28.7 Å². The number of hydrogen-bond acceptors (Lipinski definition) is 3. The first-order chi connectivity index (χ1) is 8.58. The molecule has 2 rings (SSSR count). The third-order valence-corrected chi connectivity index (χ3v) is 3.23. The van der Waals surface area contributed by atoms with Gasteiger partial charge in [0.25, 0.3) is 0 Å². The molecular formula is C12H12BrNO4. The monoisotopic (exact) mass is 313 g/mol. The number of ether oxygens (including phenoxy) is 1. The number of carbonyl (C=O) groups excluding carboxylic acids is 1. The number of rotatable bonds is 3. The van der Waals surface area contributed by atoms with Gasteiger partial charge in [0.05, 0.1) is 19.1 Å². The highest BCUT2D eigenvalue weighted by Gasteiger charge is 2.32. The average Bonchev–Trinajstić information content (AvgIpc) is 2.28. The molecule has 1 aromatic rings. The SMILES string of the molecule is O=C(O)CC1CCOC(=O)N1c1cccc(Br)c1. The number of nitrogens with zero attached hydrogens (tertiary/aromatic N) is 1. The number of hydrogen-bond donors (Lipinski definition) is 1. The topological polar surface area (TPSA) is 66.8 Å². The van der Waals surface area contributed by atoms with E-state index >= 15 is 0 Å². The van der Waals surface area contributed by atoms with Crippen LogP contribution in [-0.2, 0) is 9.53 Å². The fraction of sp³-hybridized carbons (Fsp3) is 0.333. The smallest absolute Gasteiger partial charge is 0.414 e. The Kier molecular flexibility index (Phi) is 3.86. The maximum absolute atomic E-state index is 11.8. The third-order valence-electron chi connectivity index (χ3n) is 2.74. The van der Waals surface area contributed by atoms with E-state index in [0.717, 1.165) is 4.47 Å². The molecular weight excluding hydrogens is 302 g/mol. The minimum absolute atomic E-state index is 0.0817. The van der Waals surface area contributed by atoms with E-state index in [4.69, 9.17) is 9.84 Å². The summed E-state index contributed by atoms with van der Waals surface area (Å²) in [6.45, 7) is 0.265. The Hall–Kier alpha value is -1.56. The molecule has 1 N–H and O–H groups in total. The summed E-state index contributed by atoms with van der Waals surface area (Å²) in [5, 5.41) is 8.88. The fourth-order valence-electron chi connectivity index (χ4n) is 1.97. The van der Waals surface area contributed by atoms with Crippen molar-refractivity contribution in [3.8, 4) is 0 Å². The molecule has 96 valence electrons. The lowest BCUT2D eigenvalue weighted by atomic mass is 10.1. The number of amides is 1. The van der Waals surface area contributed by atoms with Crippen LogP contribution in [0.25, 0.3) is 0 Å². The zero-order valence-electron chi connectivity index (χ0n) is 9.51. The summed E-state index contributed by atoms with van der Waals surface area (Å²) < 4.78 is 5.80. The minimum atomic E-state index is -0.922. The van der Waals surface area contributed by atoms with Crippen molar-refractivity contribution in [2.45, 2.75) is 18.9 Å². The summed E-state index contributed by atoms with van der Waals surface area (Å²) in [4.78, 5) is 24.0. The van der Waals surface area contributed by atoms with Crippen LogP contribution in [-0.4, -0.2) is 29.8 Å². The third kappa shape index (κ3) is 2.81.